The minimum absolute atomic E-state index is 0.153. The number of hydrogen-bond acceptors (Lipinski definition) is 7. The summed E-state index contributed by atoms with van der Waals surface area (Å²) in [7, 11) is 0. The van der Waals surface area contributed by atoms with E-state index in [4.69, 9.17) is 14.9 Å². The predicted molar refractivity (Wildman–Crippen MR) is 40.9 cm³/mol. The summed E-state index contributed by atoms with van der Waals surface area (Å²) in [6, 6.07) is 0. The highest BCUT2D eigenvalue weighted by Crippen LogP contribution is 2.19. The summed E-state index contributed by atoms with van der Waals surface area (Å²) in [6.07, 6.45) is -7.16. The lowest BCUT2D eigenvalue weighted by Gasteiger charge is -2.37. The van der Waals surface area contributed by atoms with Crippen molar-refractivity contribution >= 4 is 6.47 Å². The van der Waals surface area contributed by atoms with Crippen LogP contribution in [0.25, 0.3) is 0 Å². The Bertz CT molecular complexity index is 196. The monoisotopic (exact) mass is 208 g/mol. The molecule has 0 unspecified atom stereocenters. The van der Waals surface area contributed by atoms with Crippen molar-refractivity contribution < 1.29 is 34.7 Å². The number of rotatable bonds is 3. The van der Waals surface area contributed by atoms with Crippen LogP contribution in [-0.2, 0) is 14.3 Å². The fraction of sp³-hybridized carbons (Fsp3) is 0.857. The molecule has 0 bridgehead atoms. The van der Waals surface area contributed by atoms with Crippen molar-refractivity contribution in [1.29, 1.82) is 0 Å². The van der Waals surface area contributed by atoms with Gasteiger partial charge < -0.3 is 29.9 Å². The van der Waals surface area contributed by atoms with E-state index >= 15 is 0 Å². The Morgan fingerprint density at radius 2 is 1.79 bits per heavy atom. The highest BCUT2D eigenvalue weighted by atomic mass is 16.6. The van der Waals surface area contributed by atoms with Gasteiger partial charge in [0, 0.05) is 0 Å². The first kappa shape index (κ1) is 11.3. The molecule has 1 saturated heterocycles. The second kappa shape index (κ2) is 4.67. The normalized spacial score (nSPS) is 43.3. The average Bonchev–Trinajstić information content (AvgIpc) is 2.18. The first-order chi connectivity index (χ1) is 6.57. The van der Waals surface area contributed by atoms with Gasteiger partial charge in [-0.2, -0.15) is 0 Å². The molecule has 1 aliphatic heterocycles. The van der Waals surface area contributed by atoms with Gasteiger partial charge in [0.05, 0.1) is 0 Å². The Balaban J connectivity index is 2.55. The van der Waals surface area contributed by atoms with Crippen LogP contribution in [0.4, 0.5) is 0 Å². The molecule has 4 N–H and O–H groups in total. The molecular formula is C7H12O7. The van der Waals surface area contributed by atoms with Crippen LogP contribution in [-0.4, -0.2) is 64.2 Å². The lowest BCUT2D eigenvalue weighted by molar-refractivity contribution is -0.286. The van der Waals surface area contributed by atoms with Crippen LogP contribution >= 0.6 is 0 Å². The molecule has 1 fully saturated rings. The van der Waals surface area contributed by atoms with Gasteiger partial charge in [-0.15, -0.1) is 0 Å². The van der Waals surface area contributed by atoms with Crippen molar-refractivity contribution in [3.63, 3.8) is 0 Å². The molecule has 0 aliphatic carbocycles. The van der Waals surface area contributed by atoms with Crippen molar-refractivity contribution in [2.45, 2.75) is 30.7 Å². The first-order valence-electron chi connectivity index (χ1n) is 4.01. The topological polar surface area (TPSA) is 116 Å². The molecule has 0 aromatic heterocycles. The second-order valence-electron chi connectivity index (χ2n) is 2.97. The number of ether oxygens (including phenoxy) is 2. The van der Waals surface area contributed by atoms with E-state index in [1.54, 1.807) is 0 Å². The molecule has 1 aliphatic rings. The van der Waals surface area contributed by atoms with Crippen molar-refractivity contribution in [3.8, 4) is 0 Å². The molecular weight excluding hydrogens is 196 g/mol. The third-order valence-electron chi connectivity index (χ3n) is 2.02. The molecule has 1 rings (SSSR count). The zero-order valence-electron chi connectivity index (χ0n) is 7.18. The van der Waals surface area contributed by atoms with Gasteiger partial charge in [0.2, 0.25) is 0 Å². The Kier molecular flexibility index (Phi) is 3.78. The van der Waals surface area contributed by atoms with Gasteiger partial charge in [-0.1, -0.05) is 0 Å². The number of aliphatic hydroxyl groups excluding tert-OH is 4. The van der Waals surface area contributed by atoms with E-state index in [-0.39, 0.29) is 13.1 Å². The molecule has 0 radical (unpaired) electrons. The van der Waals surface area contributed by atoms with Crippen molar-refractivity contribution in [2.75, 3.05) is 6.61 Å². The SMILES string of the molecule is O=COC[C@H]1O[C@@H](O)[C@H](O)[C@@H](O)[C@H]1O. The molecule has 0 aromatic carbocycles. The van der Waals surface area contributed by atoms with Crippen LogP contribution in [0.5, 0.6) is 0 Å². The lowest BCUT2D eigenvalue weighted by Crippen LogP contribution is -2.58. The maximum absolute atomic E-state index is 9.85. The predicted octanol–water partition coefficient (Wildman–Crippen LogP) is -3.04. The number of hydrogen-bond donors (Lipinski definition) is 4. The van der Waals surface area contributed by atoms with E-state index < -0.39 is 30.7 Å². The van der Waals surface area contributed by atoms with Crippen LogP contribution in [0.2, 0.25) is 0 Å². The Labute approximate surface area is 79.5 Å². The summed E-state index contributed by atoms with van der Waals surface area (Å²) in [6.45, 7) is -0.147. The summed E-state index contributed by atoms with van der Waals surface area (Å²) in [4.78, 5) is 9.85. The van der Waals surface area contributed by atoms with Gasteiger partial charge in [0.1, 0.15) is 31.0 Å². The van der Waals surface area contributed by atoms with Crippen molar-refractivity contribution in [2.24, 2.45) is 0 Å². The van der Waals surface area contributed by atoms with E-state index in [0.717, 1.165) is 0 Å². The molecule has 0 amide bonds. The standard InChI is InChI=1S/C7H12O7/c8-2-13-1-3-4(9)5(10)6(11)7(12)14-3/h2-7,9-12H,1H2/t3-,4+,5+,6-,7-/m1/s1. The van der Waals surface area contributed by atoms with E-state index in [0.29, 0.717) is 0 Å². The van der Waals surface area contributed by atoms with E-state index in [1.807, 2.05) is 0 Å². The maximum atomic E-state index is 9.85. The van der Waals surface area contributed by atoms with E-state index in [2.05, 4.69) is 4.74 Å². The summed E-state index contributed by atoms with van der Waals surface area (Å²) in [5.41, 5.74) is 0. The number of carbonyl (C=O) groups is 1. The van der Waals surface area contributed by atoms with Gasteiger partial charge in [-0.25, -0.2) is 0 Å². The fourth-order valence-electron chi connectivity index (χ4n) is 1.20. The highest BCUT2D eigenvalue weighted by molar-refractivity contribution is 5.36. The Hall–Kier alpha value is -0.730. The molecule has 14 heavy (non-hydrogen) atoms. The van der Waals surface area contributed by atoms with Crippen LogP contribution < -0.4 is 0 Å². The summed E-state index contributed by atoms with van der Waals surface area (Å²) < 4.78 is 9.00. The minimum atomic E-state index is -1.60. The maximum Gasteiger partial charge on any atom is 0.293 e. The van der Waals surface area contributed by atoms with Crippen LogP contribution in [0.1, 0.15) is 0 Å². The minimum Gasteiger partial charge on any atom is -0.465 e. The largest absolute Gasteiger partial charge is 0.465 e. The fourth-order valence-corrected chi connectivity index (χ4v) is 1.20. The molecule has 5 atom stereocenters. The number of aliphatic hydroxyl groups is 4. The average molecular weight is 208 g/mol. The first-order valence-corrected chi connectivity index (χ1v) is 4.01. The van der Waals surface area contributed by atoms with Gasteiger partial charge in [0.15, 0.2) is 6.29 Å². The molecule has 7 nitrogen and oxygen atoms in total. The van der Waals surface area contributed by atoms with Crippen LogP contribution in [0.3, 0.4) is 0 Å². The van der Waals surface area contributed by atoms with Crippen molar-refractivity contribution in [3.05, 3.63) is 0 Å². The smallest absolute Gasteiger partial charge is 0.293 e. The molecule has 0 spiro atoms. The van der Waals surface area contributed by atoms with Crippen LogP contribution in [0, 0.1) is 0 Å². The molecule has 82 valence electrons. The Morgan fingerprint density at radius 1 is 1.14 bits per heavy atom. The van der Waals surface area contributed by atoms with Gasteiger partial charge >= 0.3 is 0 Å². The van der Waals surface area contributed by atoms with Gasteiger partial charge in [0.25, 0.3) is 6.47 Å². The third kappa shape index (κ3) is 2.20. The highest BCUT2D eigenvalue weighted by Gasteiger charge is 2.43. The molecule has 0 aromatic rings. The quantitative estimate of drug-likeness (QED) is 0.364. The zero-order chi connectivity index (χ0) is 10.7. The summed E-state index contributed by atoms with van der Waals surface area (Å²) in [5, 5.41) is 36.6. The van der Waals surface area contributed by atoms with Crippen LogP contribution in [0.15, 0.2) is 0 Å². The Morgan fingerprint density at radius 3 is 2.36 bits per heavy atom. The van der Waals surface area contributed by atoms with Gasteiger partial charge in [-0.3, -0.25) is 4.79 Å². The number of carbonyl (C=O) groups excluding carboxylic acids is 1. The summed E-state index contributed by atoms with van der Waals surface area (Å²) in [5.74, 6) is 0. The van der Waals surface area contributed by atoms with Gasteiger partial charge in [-0.05, 0) is 0 Å². The van der Waals surface area contributed by atoms with E-state index in [9.17, 15) is 15.0 Å². The molecule has 1 heterocycles. The third-order valence-corrected chi connectivity index (χ3v) is 2.02. The molecule has 0 saturated carbocycles. The zero-order valence-corrected chi connectivity index (χ0v) is 7.18. The molecule has 7 heteroatoms. The van der Waals surface area contributed by atoms with E-state index in [1.165, 1.54) is 0 Å². The van der Waals surface area contributed by atoms with Crippen molar-refractivity contribution in [1.82, 2.24) is 0 Å². The summed E-state index contributed by atoms with van der Waals surface area (Å²) >= 11 is 0. The lowest BCUT2D eigenvalue weighted by atomic mass is 9.99. The second-order valence-corrected chi connectivity index (χ2v) is 2.97.